The van der Waals surface area contributed by atoms with Crippen LogP contribution in [0, 0.1) is 13.8 Å². The van der Waals surface area contributed by atoms with Gasteiger partial charge in [-0.05, 0) is 38.1 Å². The van der Waals surface area contributed by atoms with E-state index in [2.05, 4.69) is 9.97 Å². The van der Waals surface area contributed by atoms with Gasteiger partial charge in [-0.3, -0.25) is 0 Å². The number of carbonyl (C=O) groups excluding carboxylic acids is 2. The third-order valence-electron chi connectivity index (χ3n) is 4.88. The van der Waals surface area contributed by atoms with E-state index >= 15 is 0 Å². The predicted molar refractivity (Wildman–Crippen MR) is 122 cm³/mol. The summed E-state index contributed by atoms with van der Waals surface area (Å²) in [5.74, 6) is 0.582. The monoisotopic (exact) mass is 458 g/mol. The zero-order chi connectivity index (χ0) is 23.9. The number of aromatic nitrogens is 2. The summed E-state index contributed by atoms with van der Waals surface area (Å²) in [7, 11) is 0. The minimum Gasteiger partial charge on any atom is -0.456 e. The third-order valence-corrected chi connectivity index (χ3v) is 4.88. The molecule has 0 unspecified atom stereocenters. The molecule has 0 N–H and O–H groups in total. The number of oxazole rings is 2. The lowest BCUT2D eigenvalue weighted by atomic mass is 10.2. The molecule has 2 heterocycles. The first-order valence-electron chi connectivity index (χ1n) is 10.5. The molecule has 0 bridgehead atoms. The van der Waals surface area contributed by atoms with E-state index in [9.17, 15) is 9.59 Å². The van der Waals surface area contributed by atoms with Crippen molar-refractivity contribution < 1.29 is 27.9 Å². The average molecular weight is 458 g/mol. The second kappa shape index (κ2) is 10.4. The maximum Gasteiger partial charge on any atom is 0.331 e. The van der Waals surface area contributed by atoms with E-state index < -0.39 is 11.9 Å². The Labute approximate surface area is 195 Å². The molecule has 0 amide bonds. The van der Waals surface area contributed by atoms with Crippen molar-refractivity contribution in [3.63, 3.8) is 0 Å². The van der Waals surface area contributed by atoms with Crippen LogP contribution in [0.4, 0.5) is 0 Å². The average Bonchev–Trinajstić information content (AvgIpc) is 3.43. The highest BCUT2D eigenvalue weighted by Gasteiger charge is 2.14. The number of rotatable bonds is 8. The number of hydrogen-bond acceptors (Lipinski definition) is 8. The molecular formula is C26H22N2O6. The SMILES string of the molecule is Cc1oc(-c2ccccc2)nc1COC(=O)/C=C/C(=O)OCc1nc(-c2ccccc2)oc1C. The highest BCUT2D eigenvalue weighted by Crippen LogP contribution is 2.23. The number of esters is 2. The molecule has 0 saturated heterocycles. The third kappa shape index (κ3) is 5.66. The van der Waals surface area contributed by atoms with E-state index in [1.165, 1.54) is 0 Å². The molecule has 0 aliphatic carbocycles. The van der Waals surface area contributed by atoms with Crippen LogP contribution in [-0.4, -0.2) is 21.9 Å². The molecule has 0 spiro atoms. The summed E-state index contributed by atoms with van der Waals surface area (Å²) in [4.78, 5) is 32.7. The molecule has 0 aliphatic rings. The molecule has 8 heteroatoms. The second-order valence-corrected chi connectivity index (χ2v) is 7.32. The zero-order valence-electron chi connectivity index (χ0n) is 18.7. The highest BCUT2D eigenvalue weighted by atomic mass is 16.5. The fourth-order valence-corrected chi connectivity index (χ4v) is 3.04. The predicted octanol–water partition coefficient (Wildman–Crippen LogP) is 4.96. The molecule has 4 rings (SSSR count). The second-order valence-electron chi connectivity index (χ2n) is 7.32. The smallest absolute Gasteiger partial charge is 0.331 e. The van der Waals surface area contributed by atoms with Crippen LogP contribution in [-0.2, 0) is 32.3 Å². The van der Waals surface area contributed by atoms with Crippen LogP contribution in [0.2, 0.25) is 0 Å². The van der Waals surface area contributed by atoms with Crippen LogP contribution >= 0.6 is 0 Å². The Kier molecular flexibility index (Phi) is 6.98. The Morgan fingerprint density at radius 3 is 1.47 bits per heavy atom. The first kappa shape index (κ1) is 22.7. The summed E-state index contributed by atoms with van der Waals surface area (Å²) in [5.41, 5.74) is 2.64. The summed E-state index contributed by atoms with van der Waals surface area (Å²) in [6.07, 6.45) is 2.00. The van der Waals surface area contributed by atoms with Gasteiger partial charge in [-0.25, -0.2) is 19.6 Å². The van der Waals surface area contributed by atoms with Gasteiger partial charge in [-0.15, -0.1) is 0 Å². The van der Waals surface area contributed by atoms with E-state index in [0.29, 0.717) is 34.7 Å². The van der Waals surface area contributed by atoms with Crippen molar-refractivity contribution in [1.82, 2.24) is 9.97 Å². The fourth-order valence-electron chi connectivity index (χ4n) is 3.04. The molecule has 0 saturated carbocycles. The number of nitrogens with zero attached hydrogens (tertiary/aromatic N) is 2. The Balaban J connectivity index is 1.27. The topological polar surface area (TPSA) is 105 Å². The molecule has 4 aromatic rings. The quantitative estimate of drug-likeness (QED) is 0.270. The summed E-state index contributed by atoms with van der Waals surface area (Å²) in [6.45, 7) is 3.32. The van der Waals surface area contributed by atoms with E-state index in [1.54, 1.807) is 13.8 Å². The Hall–Kier alpha value is -4.46. The Morgan fingerprint density at radius 1 is 0.706 bits per heavy atom. The Bertz CT molecular complexity index is 1200. The molecule has 2 aromatic heterocycles. The van der Waals surface area contributed by atoms with Crippen LogP contribution in [0.15, 0.2) is 81.7 Å². The van der Waals surface area contributed by atoms with Crippen LogP contribution in [0.1, 0.15) is 22.9 Å². The summed E-state index contributed by atoms with van der Waals surface area (Å²) >= 11 is 0. The van der Waals surface area contributed by atoms with Gasteiger partial charge in [-0.2, -0.15) is 0 Å². The summed E-state index contributed by atoms with van der Waals surface area (Å²) in [6, 6.07) is 18.8. The lowest BCUT2D eigenvalue weighted by molar-refractivity contribution is -0.141. The van der Waals surface area contributed by atoms with Gasteiger partial charge in [0.15, 0.2) is 0 Å². The van der Waals surface area contributed by atoms with Gasteiger partial charge in [0.2, 0.25) is 11.8 Å². The standard InChI is InChI=1S/C26H22N2O6/c1-17-21(27-25(33-17)19-9-5-3-6-10-19)15-31-23(29)13-14-24(30)32-16-22-18(2)34-26(28-22)20-11-7-4-8-12-20/h3-14H,15-16H2,1-2H3/b14-13+. The zero-order valence-corrected chi connectivity index (χ0v) is 18.7. The molecule has 0 radical (unpaired) electrons. The van der Waals surface area contributed by atoms with Crippen LogP contribution in [0.3, 0.4) is 0 Å². The van der Waals surface area contributed by atoms with Crippen LogP contribution in [0.25, 0.3) is 22.9 Å². The number of aryl methyl sites for hydroxylation is 2. The Morgan fingerprint density at radius 2 is 1.09 bits per heavy atom. The molecule has 0 aliphatic heterocycles. The van der Waals surface area contributed by atoms with Crippen molar-refractivity contribution in [2.45, 2.75) is 27.1 Å². The summed E-state index contributed by atoms with van der Waals surface area (Å²) < 4.78 is 21.6. The van der Waals surface area contributed by atoms with E-state index in [-0.39, 0.29) is 13.2 Å². The van der Waals surface area contributed by atoms with Crippen LogP contribution < -0.4 is 0 Å². The van der Waals surface area contributed by atoms with Gasteiger partial charge in [0.05, 0.1) is 0 Å². The van der Waals surface area contributed by atoms with Crippen molar-refractivity contribution in [1.29, 1.82) is 0 Å². The van der Waals surface area contributed by atoms with Crippen LogP contribution in [0.5, 0.6) is 0 Å². The highest BCUT2D eigenvalue weighted by molar-refractivity contribution is 5.91. The number of hydrogen-bond donors (Lipinski definition) is 0. The molecule has 0 fully saturated rings. The van der Waals surface area contributed by atoms with Crippen molar-refractivity contribution in [2.24, 2.45) is 0 Å². The first-order valence-corrected chi connectivity index (χ1v) is 10.5. The van der Waals surface area contributed by atoms with E-state index in [1.807, 2.05) is 60.7 Å². The number of benzene rings is 2. The van der Waals surface area contributed by atoms with Crippen molar-refractivity contribution in [3.05, 3.63) is 95.7 Å². The normalized spacial score (nSPS) is 11.0. The molecule has 0 atom stereocenters. The number of ether oxygens (including phenoxy) is 2. The fraction of sp³-hybridized carbons (Fsp3) is 0.154. The van der Waals surface area contributed by atoms with Gasteiger partial charge < -0.3 is 18.3 Å². The van der Waals surface area contributed by atoms with Gasteiger partial charge in [0.25, 0.3) is 0 Å². The maximum absolute atomic E-state index is 12.0. The first-order chi connectivity index (χ1) is 16.5. The van der Waals surface area contributed by atoms with Gasteiger partial charge in [-0.1, -0.05) is 36.4 Å². The lowest BCUT2D eigenvalue weighted by Crippen LogP contribution is -2.06. The minimum absolute atomic E-state index is 0.0826. The van der Waals surface area contributed by atoms with E-state index in [0.717, 1.165) is 23.3 Å². The van der Waals surface area contributed by atoms with Gasteiger partial charge >= 0.3 is 11.9 Å². The molecule has 8 nitrogen and oxygen atoms in total. The minimum atomic E-state index is -0.704. The number of carbonyl (C=O) groups is 2. The van der Waals surface area contributed by atoms with Crippen molar-refractivity contribution in [3.8, 4) is 22.9 Å². The molecule has 2 aromatic carbocycles. The molecule has 34 heavy (non-hydrogen) atoms. The van der Waals surface area contributed by atoms with Crippen molar-refractivity contribution >= 4 is 11.9 Å². The maximum atomic E-state index is 12.0. The lowest BCUT2D eigenvalue weighted by Gasteiger charge is -2.00. The largest absolute Gasteiger partial charge is 0.456 e. The molecular weight excluding hydrogens is 436 g/mol. The van der Waals surface area contributed by atoms with E-state index in [4.69, 9.17) is 18.3 Å². The van der Waals surface area contributed by atoms with Crippen molar-refractivity contribution in [2.75, 3.05) is 0 Å². The van der Waals surface area contributed by atoms with Gasteiger partial charge in [0.1, 0.15) is 36.1 Å². The summed E-state index contributed by atoms with van der Waals surface area (Å²) in [5, 5.41) is 0. The van der Waals surface area contributed by atoms with Gasteiger partial charge in [0, 0.05) is 23.3 Å². The molecule has 172 valence electrons.